The number of Topliss-reactive ketones (excluding diaryl/α,β-unsaturated/α-hetero) is 1. The lowest BCUT2D eigenvalue weighted by Crippen LogP contribution is -2.31. The van der Waals surface area contributed by atoms with E-state index in [1.807, 2.05) is 13.8 Å². The van der Waals surface area contributed by atoms with Crippen LogP contribution in [0.25, 0.3) is 0 Å². The molecular formula is C20H22FNO3. The van der Waals surface area contributed by atoms with Gasteiger partial charge in [0.05, 0.1) is 20.1 Å². The molecular weight excluding hydrogens is 321 g/mol. The molecule has 0 fully saturated rings. The molecule has 0 unspecified atom stereocenters. The lowest BCUT2D eigenvalue weighted by molar-refractivity contribution is -0.120. The van der Waals surface area contributed by atoms with Gasteiger partial charge in [0.1, 0.15) is 11.6 Å². The first-order valence-corrected chi connectivity index (χ1v) is 8.13. The smallest absolute Gasteiger partial charge is 0.224 e. The van der Waals surface area contributed by atoms with Gasteiger partial charge < -0.3 is 10.1 Å². The molecule has 2 aromatic rings. The summed E-state index contributed by atoms with van der Waals surface area (Å²) in [7, 11) is 1.59. The molecule has 0 aliphatic carbocycles. The zero-order chi connectivity index (χ0) is 18.4. The number of carbonyl (C=O) groups is 2. The van der Waals surface area contributed by atoms with Crippen LogP contribution in [0.1, 0.15) is 41.3 Å². The average Bonchev–Trinajstić information content (AvgIpc) is 2.61. The van der Waals surface area contributed by atoms with Gasteiger partial charge in [0, 0.05) is 5.56 Å². The van der Waals surface area contributed by atoms with E-state index in [9.17, 15) is 14.0 Å². The molecule has 4 nitrogen and oxygen atoms in total. The summed E-state index contributed by atoms with van der Waals surface area (Å²) in [4.78, 5) is 24.2. The van der Waals surface area contributed by atoms with Crippen molar-refractivity contribution in [2.45, 2.75) is 26.2 Å². The minimum absolute atomic E-state index is 0.0974. The maximum absolute atomic E-state index is 13.5. The molecule has 0 saturated carbocycles. The predicted octanol–water partition coefficient (Wildman–Crippen LogP) is 3.50. The maximum atomic E-state index is 13.5. The third-order valence-corrected chi connectivity index (χ3v) is 3.93. The number of nitrogens with one attached hydrogen (secondary N) is 1. The minimum atomic E-state index is -0.430. The Hall–Kier alpha value is -2.69. The quantitative estimate of drug-likeness (QED) is 0.783. The summed E-state index contributed by atoms with van der Waals surface area (Å²) in [6.07, 6.45) is -0.0974. The SMILES string of the molecule is COc1ccc(C(=O)CNC(=O)Cc2ccccc2F)cc1C(C)C. The Kier molecular flexibility index (Phi) is 6.28. The first-order valence-electron chi connectivity index (χ1n) is 8.13. The fourth-order valence-electron chi connectivity index (χ4n) is 2.52. The molecule has 25 heavy (non-hydrogen) atoms. The summed E-state index contributed by atoms with van der Waals surface area (Å²) in [6, 6.07) is 11.3. The molecule has 132 valence electrons. The van der Waals surface area contributed by atoms with E-state index in [4.69, 9.17) is 4.74 Å². The Labute approximate surface area is 147 Å². The number of ether oxygens (including phenoxy) is 1. The van der Waals surface area contributed by atoms with E-state index in [0.29, 0.717) is 11.1 Å². The second kappa shape index (κ2) is 8.42. The second-order valence-electron chi connectivity index (χ2n) is 6.08. The molecule has 2 aromatic carbocycles. The van der Waals surface area contributed by atoms with Gasteiger partial charge in [-0.1, -0.05) is 32.0 Å². The van der Waals surface area contributed by atoms with E-state index in [0.717, 1.165) is 11.3 Å². The first-order chi connectivity index (χ1) is 11.9. The van der Waals surface area contributed by atoms with Gasteiger partial charge in [0.25, 0.3) is 0 Å². The van der Waals surface area contributed by atoms with Crippen LogP contribution in [0.15, 0.2) is 42.5 Å². The van der Waals surface area contributed by atoms with Crippen LogP contribution in [0.5, 0.6) is 5.75 Å². The van der Waals surface area contributed by atoms with Crippen molar-refractivity contribution in [2.75, 3.05) is 13.7 Å². The number of ketones is 1. The van der Waals surface area contributed by atoms with Crippen molar-refractivity contribution in [1.82, 2.24) is 5.32 Å². The van der Waals surface area contributed by atoms with Gasteiger partial charge in [-0.25, -0.2) is 4.39 Å². The Balaban J connectivity index is 1.99. The Morgan fingerprint density at radius 2 is 1.88 bits per heavy atom. The Morgan fingerprint density at radius 1 is 1.16 bits per heavy atom. The van der Waals surface area contributed by atoms with Gasteiger partial charge in [-0.15, -0.1) is 0 Å². The molecule has 0 aliphatic rings. The molecule has 0 saturated heterocycles. The van der Waals surface area contributed by atoms with Gasteiger partial charge in [0.2, 0.25) is 5.91 Å². The van der Waals surface area contributed by atoms with E-state index < -0.39 is 11.7 Å². The highest BCUT2D eigenvalue weighted by atomic mass is 19.1. The molecule has 0 bridgehead atoms. The number of hydrogen-bond donors (Lipinski definition) is 1. The van der Waals surface area contributed by atoms with Crippen LogP contribution in [0, 0.1) is 5.82 Å². The lowest BCUT2D eigenvalue weighted by Gasteiger charge is -2.13. The van der Waals surface area contributed by atoms with Crippen molar-refractivity contribution in [1.29, 1.82) is 0 Å². The minimum Gasteiger partial charge on any atom is -0.496 e. The van der Waals surface area contributed by atoms with Crippen LogP contribution in [0.2, 0.25) is 0 Å². The molecule has 2 rings (SSSR count). The molecule has 0 spiro atoms. The van der Waals surface area contributed by atoms with Crippen molar-refractivity contribution in [3.63, 3.8) is 0 Å². The summed E-state index contributed by atoms with van der Waals surface area (Å²) in [6.45, 7) is 3.90. The van der Waals surface area contributed by atoms with Crippen LogP contribution in [0.3, 0.4) is 0 Å². The number of benzene rings is 2. The molecule has 1 amide bonds. The van der Waals surface area contributed by atoms with Crippen molar-refractivity contribution in [3.8, 4) is 5.75 Å². The van der Waals surface area contributed by atoms with Crippen LogP contribution in [0.4, 0.5) is 4.39 Å². The second-order valence-corrected chi connectivity index (χ2v) is 6.08. The number of carbonyl (C=O) groups excluding carboxylic acids is 2. The number of hydrogen-bond acceptors (Lipinski definition) is 3. The molecule has 0 heterocycles. The summed E-state index contributed by atoms with van der Waals surface area (Å²) >= 11 is 0. The summed E-state index contributed by atoms with van der Waals surface area (Å²) < 4.78 is 18.8. The topological polar surface area (TPSA) is 55.4 Å². The van der Waals surface area contributed by atoms with Gasteiger partial charge in [0.15, 0.2) is 5.78 Å². The average molecular weight is 343 g/mol. The molecule has 0 radical (unpaired) electrons. The zero-order valence-corrected chi connectivity index (χ0v) is 14.6. The van der Waals surface area contributed by atoms with Crippen LogP contribution < -0.4 is 10.1 Å². The summed E-state index contributed by atoms with van der Waals surface area (Å²) in [5, 5.41) is 2.55. The monoisotopic (exact) mass is 343 g/mol. The third-order valence-electron chi connectivity index (χ3n) is 3.93. The van der Waals surface area contributed by atoms with Crippen molar-refractivity contribution < 1.29 is 18.7 Å². The first kappa shape index (κ1) is 18.6. The van der Waals surface area contributed by atoms with Crippen molar-refractivity contribution in [2.24, 2.45) is 0 Å². The number of methoxy groups -OCH3 is 1. The number of amides is 1. The number of rotatable bonds is 7. The van der Waals surface area contributed by atoms with Gasteiger partial charge >= 0.3 is 0 Å². The van der Waals surface area contributed by atoms with Crippen LogP contribution in [-0.2, 0) is 11.2 Å². The van der Waals surface area contributed by atoms with Crippen LogP contribution >= 0.6 is 0 Å². The molecule has 5 heteroatoms. The summed E-state index contributed by atoms with van der Waals surface area (Å²) in [5.41, 5.74) is 1.75. The van der Waals surface area contributed by atoms with Gasteiger partial charge in [-0.2, -0.15) is 0 Å². The largest absolute Gasteiger partial charge is 0.496 e. The van der Waals surface area contributed by atoms with Gasteiger partial charge in [-0.3, -0.25) is 9.59 Å². The maximum Gasteiger partial charge on any atom is 0.224 e. The Bertz CT molecular complexity index is 771. The normalized spacial score (nSPS) is 10.6. The van der Waals surface area contributed by atoms with Crippen molar-refractivity contribution in [3.05, 3.63) is 65.0 Å². The molecule has 0 aromatic heterocycles. The van der Waals surface area contributed by atoms with E-state index in [1.165, 1.54) is 6.07 Å². The highest BCUT2D eigenvalue weighted by molar-refractivity contribution is 5.99. The number of halogens is 1. The highest BCUT2D eigenvalue weighted by Crippen LogP contribution is 2.27. The zero-order valence-electron chi connectivity index (χ0n) is 14.6. The van der Waals surface area contributed by atoms with E-state index in [1.54, 1.807) is 43.5 Å². The van der Waals surface area contributed by atoms with E-state index in [2.05, 4.69) is 5.32 Å². The van der Waals surface area contributed by atoms with Crippen LogP contribution in [-0.4, -0.2) is 25.3 Å². The fraction of sp³-hybridized carbons (Fsp3) is 0.300. The third kappa shape index (κ3) is 4.89. The predicted molar refractivity (Wildman–Crippen MR) is 94.5 cm³/mol. The van der Waals surface area contributed by atoms with E-state index in [-0.39, 0.29) is 24.7 Å². The summed E-state index contributed by atoms with van der Waals surface area (Å²) in [5.74, 6) is -0.0864. The standard InChI is InChI=1S/C20H22FNO3/c1-13(2)16-10-15(8-9-19(16)25-3)18(23)12-22-20(24)11-14-6-4-5-7-17(14)21/h4-10,13H,11-12H2,1-3H3,(H,22,24). The molecule has 0 atom stereocenters. The molecule has 1 N–H and O–H groups in total. The molecule has 0 aliphatic heterocycles. The van der Waals surface area contributed by atoms with E-state index >= 15 is 0 Å². The van der Waals surface area contributed by atoms with Gasteiger partial charge in [-0.05, 0) is 41.3 Å². The lowest BCUT2D eigenvalue weighted by atomic mass is 9.98. The fourth-order valence-corrected chi connectivity index (χ4v) is 2.52. The highest BCUT2D eigenvalue weighted by Gasteiger charge is 2.14. The van der Waals surface area contributed by atoms with Crippen molar-refractivity contribution >= 4 is 11.7 Å². The Morgan fingerprint density at radius 3 is 2.52 bits per heavy atom.